The highest BCUT2D eigenvalue weighted by molar-refractivity contribution is 5.88. The monoisotopic (exact) mass is 346 g/mol. The number of anilines is 1. The Labute approximate surface area is 145 Å². The summed E-state index contributed by atoms with van der Waals surface area (Å²) in [4.78, 5) is 32.6. The third kappa shape index (κ3) is 3.71. The summed E-state index contributed by atoms with van der Waals surface area (Å²) < 4.78 is 9.22. The van der Waals surface area contributed by atoms with Gasteiger partial charge >= 0.3 is 6.03 Å². The van der Waals surface area contributed by atoms with Crippen molar-refractivity contribution < 1.29 is 9.53 Å². The van der Waals surface area contributed by atoms with Crippen LogP contribution in [0, 0.1) is 0 Å². The number of amides is 2. The normalized spacial score (nSPS) is 20.2. The van der Waals surface area contributed by atoms with Gasteiger partial charge in [-0.25, -0.2) is 14.8 Å². The Balaban J connectivity index is 1.72. The molecule has 1 fully saturated rings. The summed E-state index contributed by atoms with van der Waals surface area (Å²) >= 11 is 0. The zero-order chi connectivity index (χ0) is 17.8. The van der Waals surface area contributed by atoms with Gasteiger partial charge in [0.15, 0.2) is 0 Å². The topological polar surface area (TPSA) is 103 Å². The standard InChI is InChI=1S/C16H22N6O3/c1-3-22-9-7-18-14(22)12-11(5-4-10-25-12)19-16(24)20-13-15(23)21(2)8-6-17-13/h6-9,11-12H,3-5,10H2,1-2H3,(H2,17,19,20,24)/t11-,12-/m0/s1. The van der Waals surface area contributed by atoms with Crippen LogP contribution in [-0.2, 0) is 18.3 Å². The van der Waals surface area contributed by atoms with E-state index in [4.69, 9.17) is 4.74 Å². The minimum absolute atomic E-state index is 0.00849. The SMILES string of the molecule is CCn1ccnc1[C@H]1OCCC[C@@H]1NC(=O)Nc1nccn(C)c1=O. The zero-order valence-electron chi connectivity index (χ0n) is 14.3. The lowest BCUT2D eigenvalue weighted by Gasteiger charge is -2.32. The van der Waals surface area contributed by atoms with Crippen LogP contribution < -0.4 is 16.2 Å². The van der Waals surface area contributed by atoms with Gasteiger partial charge in [-0.1, -0.05) is 0 Å². The highest BCUT2D eigenvalue weighted by Gasteiger charge is 2.32. The molecule has 1 saturated heterocycles. The summed E-state index contributed by atoms with van der Waals surface area (Å²) in [7, 11) is 1.60. The molecule has 0 radical (unpaired) electrons. The second-order valence-electron chi connectivity index (χ2n) is 5.90. The number of aromatic nitrogens is 4. The molecule has 2 atom stereocenters. The molecule has 3 heterocycles. The highest BCUT2D eigenvalue weighted by Crippen LogP contribution is 2.27. The van der Waals surface area contributed by atoms with Crippen LogP contribution in [0.1, 0.15) is 31.7 Å². The summed E-state index contributed by atoms with van der Waals surface area (Å²) in [5.41, 5.74) is -0.365. The number of nitrogens with zero attached hydrogens (tertiary/aromatic N) is 4. The maximum Gasteiger partial charge on any atom is 0.320 e. The first kappa shape index (κ1) is 17.2. The number of aryl methyl sites for hydroxylation is 2. The summed E-state index contributed by atoms with van der Waals surface area (Å²) in [6, 6.07) is -0.708. The first-order chi connectivity index (χ1) is 12.1. The van der Waals surface area contributed by atoms with E-state index in [-0.39, 0.29) is 23.5 Å². The van der Waals surface area contributed by atoms with E-state index in [1.165, 1.54) is 17.0 Å². The summed E-state index contributed by atoms with van der Waals surface area (Å²) in [6.07, 6.45) is 7.91. The van der Waals surface area contributed by atoms with Crippen molar-refractivity contribution in [1.29, 1.82) is 0 Å². The minimum atomic E-state index is -0.481. The van der Waals surface area contributed by atoms with Gasteiger partial charge in [-0.15, -0.1) is 0 Å². The smallest absolute Gasteiger partial charge is 0.320 e. The molecule has 9 nitrogen and oxygen atoms in total. The van der Waals surface area contributed by atoms with E-state index in [2.05, 4.69) is 20.6 Å². The molecule has 0 saturated carbocycles. The van der Waals surface area contributed by atoms with E-state index in [0.29, 0.717) is 6.61 Å². The Kier molecular flexibility index (Phi) is 5.13. The lowest BCUT2D eigenvalue weighted by molar-refractivity contribution is -0.0140. The van der Waals surface area contributed by atoms with E-state index < -0.39 is 6.03 Å². The van der Waals surface area contributed by atoms with E-state index in [0.717, 1.165) is 25.2 Å². The molecule has 0 unspecified atom stereocenters. The zero-order valence-corrected chi connectivity index (χ0v) is 14.3. The molecule has 0 aliphatic carbocycles. The Morgan fingerprint density at radius 2 is 2.16 bits per heavy atom. The number of carbonyl (C=O) groups is 1. The summed E-state index contributed by atoms with van der Waals surface area (Å²) in [6.45, 7) is 3.43. The molecule has 2 aromatic heterocycles. The number of imidazole rings is 1. The van der Waals surface area contributed by atoms with Gasteiger partial charge in [-0.3, -0.25) is 10.1 Å². The van der Waals surface area contributed by atoms with Crippen LogP contribution in [-0.4, -0.2) is 37.8 Å². The fourth-order valence-electron chi connectivity index (χ4n) is 2.92. The largest absolute Gasteiger partial charge is 0.368 e. The van der Waals surface area contributed by atoms with Crippen LogP contribution >= 0.6 is 0 Å². The van der Waals surface area contributed by atoms with E-state index in [1.54, 1.807) is 13.2 Å². The molecule has 1 aliphatic rings. The van der Waals surface area contributed by atoms with Gasteiger partial charge in [0.05, 0.1) is 6.04 Å². The molecule has 25 heavy (non-hydrogen) atoms. The predicted octanol–water partition coefficient (Wildman–Crippen LogP) is 1.04. The van der Waals surface area contributed by atoms with Crippen LogP contribution in [0.3, 0.4) is 0 Å². The van der Waals surface area contributed by atoms with E-state index >= 15 is 0 Å². The molecular formula is C16H22N6O3. The van der Waals surface area contributed by atoms with Gasteiger partial charge in [-0.2, -0.15) is 0 Å². The van der Waals surface area contributed by atoms with Gasteiger partial charge in [-0.05, 0) is 19.8 Å². The summed E-state index contributed by atoms with van der Waals surface area (Å²) in [5.74, 6) is 0.784. The molecule has 2 aromatic rings. The predicted molar refractivity (Wildman–Crippen MR) is 91.2 cm³/mol. The van der Waals surface area contributed by atoms with E-state index in [1.807, 2.05) is 17.7 Å². The number of hydrogen-bond acceptors (Lipinski definition) is 5. The molecule has 1 aliphatic heterocycles. The van der Waals surface area contributed by atoms with Gasteiger partial charge in [0.2, 0.25) is 5.82 Å². The van der Waals surface area contributed by atoms with Gasteiger partial charge in [0, 0.05) is 45.0 Å². The van der Waals surface area contributed by atoms with Crippen LogP contribution in [0.25, 0.3) is 0 Å². The van der Waals surface area contributed by atoms with Gasteiger partial charge in [0.25, 0.3) is 5.56 Å². The average Bonchev–Trinajstić information content (AvgIpc) is 3.08. The number of hydrogen-bond donors (Lipinski definition) is 2. The molecule has 0 bridgehead atoms. The second kappa shape index (κ2) is 7.47. The minimum Gasteiger partial charge on any atom is -0.368 e. The van der Waals surface area contributed by atoms with Crippen molar-refractivity contribution in [2.24, 2.45) is 7.05 Å². The Hall–Kier alpha value is -2.68. The van der Waals surface area contributed by atoms with Crippen molar-refractivity contribution in [3.63, 3.8) is 0 Å². The molecule has 9 heteroatoms. The Bertz CT molecular complexity index is 799. The number of carbonyl (C=O) groups excluding carboxylic acids is 1. The quantitative estimate of drug-likeness (QED) is 0.861. The van der Waals surface area contributed by atoms with E-state index in [9.17, 15) is 9.59 Å². The fraction of sp³-hybridized carbons (Fsp3) is 0.500. The van der Waals surface area contributed by atoms with Crippen molar-refractivity contribution >= 4 is 11.8 Å². The lowest BCUT2D eigenvalue weighted by Crippen LogP contribution is -2.46. The average molecular weight is 346 g/mol. The fourth-order valence-corrected chi connectivity index (χ4v) is 2.92. The number of nitrogens with one attached hydrogen (secondary N) is 2. The molecular weight excluding hydrogens is 324 g/mol. The van der Waals surface area contributed by atoms with Gasteiger partial charge < -0.3 is 19.2 Å². The third-order valence-corrected chi connectivity index (χ3v) is 4.23. The Morgan fingerprint density at radius 3 is 2.96 bits per heavy atom. The summed E-state index contributed by atoms with van der Waals surface area (Å²) in [5, 5.41) is 5.40. The maximum atomic E-state index is 12.3. The van der Waals surface area contributed by atoms with Crippen molar-refractivity contribution in [3.05, 3.63) is 41.0 Å². The van der Waals surface area contributed by atoms with Crippen LogP contribution in [0.4, 0.5) is 10.6 Å². The first-order valence-electron chi connectivity index (χ1n) is 8.32. The lowest BCUT2D eigenvalue weighted by atomic mass is 10.0. The number of ether oxygens (including phenoxy) is 1. The van der Waals surface area contributed by atoms with Gasteiger partial charge in [0.1, 0.15) is 11.9 Å². The Morgan fingerprint density at radius 1 is 1.36 bits per heavy atom. The van der Waals surface area contributed by atoms with Crippen molar-refractivity contribution in [1.82, 2.24) is 24.4 Å². The molecule has 2 amide bonds. The first-order valence-corrected chi connectivity index (χ1v) is 8.32. The number of rotatable bonds is 4. The van der Waals surface area contributed by atoms with Crippen LogP contribution in [0.5, 0.6) is 0 Å². The van der Waals surface area contributed by atoms with Crippen molar-refractivity contribution in [2.45, 2.75) is 38.5 Å². The molecule has 134 valence electrons. The highest BCUT2D eigenvalue weighted by atomic mass is 16.5. The molecule has 3 rings (SSSR count). The number of urea groups is 1. The van der Waals surface area contributed by atoms with Crippen molar-refractivity contribution in [3.8, 4) is 0 Å². The molecule has 2 N–H and O–H groups in total. The van der Waals surface area contributed by atoms with Crippen LogP contribution in [0.15, 0.2) is 29.6 Å². The van der Waals surface area contributed by atoms with Crippen LogP contribution in [0.2, 0.25) is 0 Å². The molecule has 0 spiro atoms. The van der Waals surface area contributed by atoms with Crippen molar-refractivity contribution in [2.75, 3.05) is 11.9 Å². The maximum absolute atomic E-state index is 12.3. The third-order valence-electron chi connectivity index (χ3n) is 4.23. The molecule has 0 aromatic carbocycles. The second-order valence-corrected chi connectivity index (χ2v) is 5.90.